The Hall–Kier alpha value is -2.13. The fraction of sp³-hybridized carbons (Fsp3) is 0.278. The molecule has 0 aliphatic carbocycles. The molecule has 108 valence electrons. The lowest BCUT2D eigenvalue weighted by molar-refractivity contribution is 0.0939. The summed E-state index contributed by atoms with van der Waals surface area (Å²) in [4.78, 5) is 12.4. The van der Waals surface area contributed by atoms with Crippen LogP contribution in [0.2, 0.25) is 0 Å². The molecule has 2 aromatic rings. The molecule has 1 heterocycles. The Balaban J connectivity index is 1.76. The van der Waals surface area contributed by atoms with Gasteiger partial charge in [-0.15, -0.1) is 0 Å². The van der Waals surface area contributed by atoms with Crippen molar-refractivity contribution in [3.63, 3.8) is 0 Å². The summed E-state index contributed by atoms with van der Waals surface area (Å²) < 4.78 is 0. The van der Waals surface area contributed by atoms with Crippen molar-refractivity contribution in [2.45, 2.75) is 33.0 Å². The van der Waals surface area contributed by atoms with Gasteiger partial charge in [0, 0.05) is 18.7 Å². The van der Waals surface area contributed by atoms with Gasteiger partial charge in [-0.3, -0.25) is 4.79 Å². The molecule has 0 bridgehead atoms. The minimum Gasteiger partial charge on any atom is -0.346 e. The van der Waals surface area contributed by atoms with Gasteiger partial charge in [0.15, 0.2) is 0 Å². The van der Waals surface area contributed by atoms with Gasteiger partial charge < -0.3 is 10.6 Å². The van der Waals surface area contributed by atoms with E-state index in [1.807, 2.05) is 37.3 Å². The van der Waals surface area contributed by atoms with Gasteiger partial charge >= 0.3 is 0 Å². The second-order valence-electron chi connectivity index (χ2n) is 5.64. The largest absolute Gasteiger partial charge is 0.346 e. The summed E-state index contributed by atoms with van der Waals surface area (Å²) in [5, 5.41) is 6.38. The Bertz CT molecular complexity index is 679. The average molecular weight is 280 g/mol. The number of amides is 1. The molecule has 1 aliphatic heterocycles. The van der Waals surface area contributed by atoms with E-state index in [1.165, 1.54) is 16.7 Å². The number of fused-ring (bicyclic) bond motifs is 1. The summed E-state index contributed by atoms with van der Waals surface area (Å²) in [6.45, 7) is 5.84. The smallest absolute Gasteiger partial charge is 0.251 e. The van der Waals surface area contributed by atoms with Gasteiger partial charge in [-0.2, -0.15) is 0 Å². The third kappa shape index (κ3) is 2.83. The molecule has 0 radical (unpaired) electrons. The first-order chi connectivity index (χ1) is 10.1. The summed E-state index contributed by atoms with van der Waals surface area (Å²) in [6.07, 6.45) is 0. The third-order valence-corrected chi connectivity index (χ3v) is 4.10. The molecule has 2 aromatic carbocycles. The van der Waals surface area contributed by atoms with E-state index in [1.54, 1.807) is 0 Å². The summed E-state index contributed by atoms with van der Waals surface area (Å²) in [7, 11) is 0. The fourth-order valence-corrected chi connectivity index (χ4v) is 2.87. The second-order valence-corrected chi connectivity index (χ2v) is 5.64. The molecule has 0 fully saturated rings. The number of hydrogen-bond donors (Lipinski definition) is 2. The lowest BCUT2D eigenvalue weighted by Gasteiger charge is -2.17. The van der Waals surface area contributed by atoms with Crippen molar-refractivity contribution in [1.82, 2.24) is 10.6 Å². The van der Waals surface area contributed by atoms with E-state index in [0.717, 1.165) is 24.2 Å². The Labute approximate surface area is 125 Å². The standard InChI is InChI=1S/C18H20N2O/c1-12-5-3-4-6-17(12)13(2)20-18(21)14-7-8-15-10-19-11-16(15)9-14/h3-9,13,19H,10-11H2,1-2H3,(H,20,21)/t13-/m1/s1. The van der Waals surface area contributed by atoms with E-state index < -0.39 is 0 Å². The molecule has 0 unspecified atom stereocenters. The minimum atomic E-state index is -0.0135. The quantitative estimate of drug-likeness (QED) is 0.907. The van der Waals surface area contributed by atoms with E-state index in [0.29, 0.717) is 0 Å². The molecule has 21 heavy (non-hydrogen) atoms. The van der Waals surface area contributed by atoms with Crippen molar-refractivity contribution in [3.05, 3.63) is 70.3 Å². The highest BCUT2D eigenvalue weighted by Crippen LogP contribution is 2.19. The first-order valence-electron chi connectivity index (χ1n) is 7.34. The Morgan fingerprint density at radius 3 is 2.71 bits per heavy atom. The van der Waals surface area contributed by atoms with Crippen molar-refractivity contribution in [2.75, 3.05) is 0 Å². The first-order valence-corrected chi connectivity index (χ1v) is 7.34. The SMILES string of the molecule is Cc1ccccc1[C@@H](C)NC(=O)c1ccc2c(c1)CNC2. The van der Waals surface area contributed by atoms with Crippen molar-refractivity contribution >= 4 is 5.91 Å². The maximum Gasteiger partial charge on any atom is 0.251 e. The molecule has 3 rings (SSSR count). The number of carbonyl (C=O) groups is 1. The molecule has 0 saturated heterocycles. The predicted octanol–water partition coefficient (Wildman–Crippen LogP) is 3.09. The first kappa shape index (κ1) is 13.8. The number of hydrogen-bond acceptors (Lipinski definition) is 2. The molecule has 0 aromatic heterocycles. The monoisotopic (exact) mass is 280 g/mol. The van der Waals surface area contributed by atoms with Crippen molar-refractivity contribution < 1.29 is 4.79 Å². The van der Waals surface area contributed by atoms with Crippen LogP contribution in [-0.4, -0.2) is 5.91 Å². The van der Waals surface area contributed by atoms with Gasteiger partial charge in [-0.05, 0) is 48.2 Å². The van der Waals surface area contributed by atoms with Crippen LogP contribution in [0.25, 0.3) is 0 Å². The summed E-state index contributed by atoms with van der Waals surface area (Å²) in [5.41, 5.74) is 5.61. The maximum absolute atomic E-state index is 12.4. The summed E-state index contributed by atoms with van der Waals surface area (Å²) in [6, 6.07) is 14.1. The van der Waals surface area contributed by atoms with Gasteiger partial charge in [0.2, 0.25) is 0 Å². The lowest BCUT2D eigenvalue weighted by Crippen LogP contribution is -2.27. The van der Waals surface area contributed by atoms with Crippen molar-refractivity contribution in [1.29, 1.82) is 0 Å². The molecule has 1 amide bonds. The zero-order chi connectivity index (χ0) is 14.8. The molecule has 1 aliphatic rings. The van der Waals surface area contributed by atoms with Crippen LogP contribution >= 0.6 is 0 Å². The molecule has 3 heteroatoms. The number of carbonyl (C=O) groups excluding carboxylic acids is 1. The second kappa shape index (κ2) is 5.70. The van der Waals surface area contributed by atoms with Crippen LogP contribution in [0.5, 0.6) is 0 Å². The van der Waals surface area contributed by atoms with Gasteiger partial charge in [-0.25, -0.2) is 0 Å². The number of aryl methyl sites for hydroxylation is 1. The zero-order valence-electron chi connectivity index (χ0n) is 12.4. The molecule has 2 N–H and O–H groups in total. The van der Waals surface area contributed by atoms with Crippen LogP contribution in [0.15, 0.2) is 42.5 Å². The number of rotatable bonds is 3. The van der Waals surface area contributed by atoms with Crippen LogP contribution in [0.1, 0.15) is 45.6 Å². The van der Waals surface area contributed by atoms with E-state index >= 15 is 0 Å². The van der Waals surface area contributed by atoms with Gasteiger partial charge in [0.1, 0.15) is 0 Å². The Morgan fingerprint density at radius 2 is 1.90 bits per heavy atom. The minimum absolute atomic E-state index is 0.00470. The van der Waals surface area contributed by atoms with E-state index in [-0.39, 0.29) is 11.9 Å². The molecular weight excluding hydrogens is 260 g/mol. The van der Waals surface area contributed by atoms with Crippen molar-refractivity contribution in [3.8, 4) is 0 Å². The van der Waals surface area contributed by atoms with Gasteiger partial charge in [-0.1, -0.05) is 30.3 Å². The van der Waals surface area contributed by atoms with Crippen LogP contribution in [0.4, 0.5) is 0 Å². The normalized spacial score (nSPS) is 14.6. The highest BCUT2D eigenvalue weighted by molar-refractivity contribution is 5.94. The highest BCUT2D eigenvalue weighted by Gasteiger charge is 2.16. The van der Waals surface area contributed by atoms with Crippen LogP contribution in [0, 0.1) is 6.92 Å². The third-order valence-electron chi connectivity index (χ3n) is 4.10. The number of nitrogens with one attached hydrogen (secondary N) is 2. The van der Waals surface area contributed by atoms with E-state index in [2.05, 4.69) is 29.7 Å². The van der Waals surface area contributed by atoms with Crippen LogP contribution in [0.3, 0.4) is 0 Å². The Morgan fingerprint density at radius 1 is 1.14 bits per heavy atom. The summed E-state index contributed by atoms with van der Waals surface area (Å²) in [5.74, 6) is -0.0135. The van der Waals surface area contributed by atoms with Crippen molar-refractivity contribution in [2.24, 2.45) is 0 Å². The van der Waals surface area contributed by atoms with Crippen LogP contribution < -0.4 is 10.6 Å². The van der Waals surface area contributed by atoms with Gasteiger partial charge in [0.05, 0.1) is 6.04 Å². The van der Waals surface area contributed by atoms with E-state index in [4.69, 9.17) is 0 Å². The fourth-order valence-electron chi connectivity index (χ4n) is 2.87. The van der Waals surface area contributed by atoms with Crippen LogP contribution in [-0.2, 0) is 13.1 Å². The average Bonchev–Trinajstić information content (AvgIpc) is 2.94. The molecule has 0 spiro atoms. The highest BCUT2D eigenvalue weighted by atomic mass is 16.1. The molecule has 0 saturated carbocycles. The predicted molar refractivity (Wildman–Crippen MR) is 84.0 cm³/mol. The lowest BCUT2D eigenvalue weighted by atomic mass is 10.0. The molecular formula is C18H20N2O. The molecule has 1 atom stereocenters. The van der Waals surface area contributed by atoms with Gasteiger partial charge in [0.25, 0.3) is 5.91 Å². The number of benzene rings is 2. The topological polar surface area (TPSA) is 41.1 Å². The molecule has 3 nitrogen and oxygen atoms in total. The zero-order valence-corrected chi connectivity index (χ0v) is 12.4. The Kier molecular flexibility index (Phi) is 3.76. The maximum atomic E-state index is 12.4. The van der Waals surface area contributed by atoms with E-state index in [9.17, 15) is 4.79 Å². The summed E-state index contributed by atoms with van der Waals surface area (Å²) >= 11 is 0.